The molecule has 0 unspecified atom stereocenters. The first-order valence-corrected chi connectivity index (χ1v) is 7.38. The van der Waals surface area contributed by atoms with Crippen molar-refractivity contribution in [3.8, 4) is 5.75 Å². The Morgan fingerprint density at radius 3 is 2.76 bits per heavy atom. The summed E-state index contributed by atoms with van der Waals surface area (Å²) >= 11 is 0. The van der Waals surface area contributed by atoms with Crippen LogP contribution in [0.3, 0.4) is 0 Å². The van der Waals surface area contributed by atoms with Crippen molar-refractivity contribution in [3.63, 3.8) is 0 Å². The topological polar surface area (TPSA) is 50.8 Å². The summed E-state index contributed by atoms with van der Waals surface area (Å²) in [6.45, 7) is 6.67. The Hall–Kier alpha value is -1.59. The molecule has 116 valence electrons. The number of anilines is 1. The van der Waals surface area contributed by atoms with Crippen LogP contribution in [0, 0.1) is 0 Å². The highest BCUT2D eigenvalue weighted by molar-refractivity contribution is 5.91. The monoisotopic (exact) mass is 292 g/mol. The van der Waals surface area contributed by atoms with Crippen molar-refractivity contribution in [3.05, 3.63) is 24.3 Å². The molecule has 5 nitrogen and oxygen atoms in total. The summed E-state index contributed by atoms with van der Waals surface area (Å²) in [7, 11) is 1.61. The van der Waals surface area contributed by atoms with Gasteiger partial charge in [0.25, 0.3) is 0 Å². The van der Waals surface area contributed by atoms with Crippen LogP contribution in [0.4, 0.5) is 5.69 Å². The van der Waals surface area contributed by atoms with Crippen molar-refractivity contribution in [2.75, 3.05) is 32.1 Å². The second-order valence-electron chi connectivity index (χ2n) is 5.55. The van der Waals surface area contributed by atoms with Crippen molar-refractivity contribution in [1.29, 1.82) is 0 Å². The number of hydrogen-bond acceptors (Lipinski definition) is 4. The van der Waals surface area contributed by atoms with Crippen molar-refractivity contribution in [1.82, 2.24) is 4.90 Å². The van der Waals surface area contributed by atoms with Gasteiger partial charge in [-0.3, -0.25) is 9.69 Å². The molecule has 1 fully saturated rings. The summed E-state index contributed by atoms with van der Waals surface area (Å²) in [4.78, 5) is 14.3. The summed E-state index contributed by atoms with van der Waals surface area (Å²) in [6, 6.07) is 7.39. The molecule has 1 saturated heterocycles. The molecule has 0 spiro atoms. The zero-order valence-electron chi connectivity index (χ0n) is 13.0. The van der Waals surface area contributed by atoms with Crippen molar-refractivity contribution in [2.45, 2.75) is 32.5 Å². The zero-order valence-corrected chi connectivity index (χ0v) is 13.0. The van der Waals surface area contributed by atoms with Gasteiger partial charge in [-0.1, -0.05) is 6.07 Å². The van der Waals surface area contributed by atoms with Gasteiger partial charge < -0.3 is 14.8 Å². The molecule has 1 amide bonds. The van der Waals surface area contributed by atoms with Gasteiger partial charge in [-0.05, 0) is 26.0 Å². The van der Waals surface area contributed by atoms with Crippen LogP contribution in [0.5, 0.6) is 5.75 Å². The fourth-order valence-corrected chi connectivity index (χ4v) is 2.65. The van der Waals surface area contributed by atoms with Crippen LogP contribution in [-0.4, -0.2) is 49.8 Å². The first-order chi connectivity index (χ1) is 10.1. The van der Waals surface area contributed by atoms with Crippen molar-refractivity contribution >= 4 is 11.6 Å². The van der Waals surface area contributed by atoms with Crippen LogP contribution < -0.4 is 10.1 Å². The third-order valence-electron chi connectivity index (χ3n) is 3.50. The third kappa shape index (κ3) is 5.02. The number of amides is 1. The number of ether oxygens (including phenoxy) is 2. The van der Waals surface area contributed by atoms with Crippen LogP contribution in [-0.2, 0) is 9.53 Å². The molecule has 1 aromatic carbocycles. The lowest BCUT2D eigenvalue weighted by atomic mass is 10.2. The predicted octanol–water partition coefficient (Wildman–Crippen LogP) is 2.13. The maximum Gasteiger partial charge on any atom is 0.225 e. The number of carbonyl (C=O) groups excluding carboxylic acids is 1. The van der Waals surface area contributed by atoms with Gasteiger partial charge in [-0.15, -0.1) is 0 Å². The first kappa shape index (κ1) is 15.8. The molecule has 21 heavy (non-hydrogen) atoms. The Labute approximate surface area is 126 Å². The molecule has 2 atom stereocenters. The van der Waals surface area contributed by atoms with Gasteiger partial charge in [0.15, 0.2) is 0 Å². The Morgan fingerprint density at radius 1 is 1.38 bits per heavy atom. The molecular formula is C16H24N2O3. The SMILES string of the molecule is COc1cccc(NC(=O)CCN2C[C@@H](C)O[C@H](C)C2)c1. The lowest BCUT2D eigenvalue weighted by molar-refractivity contribution is -0.117. The average Bonchev–Trinajstić information content (AvgIpc) is 2.44. The van der Waals surface area contributed by atoms with Gasteiger partial charge in [0, 0.05) is 37.8 Å². The van der Waals surface area contributed by atoms with E-state index in [4.69, 9.17) is 9.47 Å². The first-order valence-electron chi connectivity index (χ1n) is 7.38. The number of morpholine rings is 1. The molecule has 0 bridgehead atoms. The number of nitrogens with one attached hydrogen (secondary N) is 1. The van der Waals surface area contributed by atoms with Crippen LogP contribution in [0.25, 0.3) is 0 Å². The summed E-state index contributed by atoms with van der Waals surface area (Å²) in [5, 5.41) is 2.90. The fourth-order valence-electron chi connectivity index (χ4n) is 2.65. The molecule has 0 radical (unpaired) electrons. The molecular weight excluding hydrogens is 268 g/mol. The molecule has 1 heterocycles. The van der Waals surface area contributed by atoms with E-state index < -0.39 is 0 Å². The van der Waals surface area contributed by atoms with Gasteiger partial charge in [-0.25, -0.2) is 0 Å². The number of hydrogen-bond donors (Lipinski definition) is 1. The fraction of sp³-hybridized carbons (Fsp3) is 0.562. The Morgan fingerprint density at radius 2 is 2.10 bits per heavy atom. The maximum absolute atomic E-state index is 12.0. The van der Waals surface area contributed by atoms with Gasteiger partial charge in [0.1, 0.15) is 5.75 Å². The standard InChI is InChI=1S/C16H24N2O3/c1-12-10-18(11-13(2)21-12)8-7-16(19)17-14-5-4-6-15(9-14)20-3/h4-6,9,12-13H,7-8,10-11H2,1-3H3,(H,17,19)/t12-,13-/m1/s1. The number of carbonyl (C=O) groups is 1. The average molecular weight is 292 g/mol. The Balaban J connectivity index is 1.79. The maximum atomic E-state index is 12.0. The van der Waals surface area contributed by atoms with Gasteiger partial charge in [0.05, 0.1) is 19.3 Å². The highest BCUT2D eigenvalue weighted by Gasteiger charge is 2.22. The highest BCUT2D eigenvalue weighted by atomic mass is 16.5. The molecule has 1 N–H and O–H groups in total. The van der Waals surface area contributed by atoms with Crippen molar-refractivity contribution < 1.29 is 14.3 Å². The molecule has 5 heteroatoms. The van der Waals surface area contributed by atoms with Gasteiger partial charge >= 0.3 is 0 Å². The molecule has 1 aliphatic heterocycles. The van der Waals surface area contributed by atoms with E-state index in [-0.39, 0.29) is 18.1 Å². The lowest BCUT2D eigenvalue weighted by Crippen LogP contribution is -2.46. The molecule has 0 aromatic heterocycles. The van der Waals surface area contributed by atoms with E-state index >= 15 is 0 Å². The second kappa shape index (κ2) is 7.43. The van der Waals surface area contributed by atoms with Crippen LogP contribution in [0.1, 0.15) is 20.3 Å². The van der Waals surface area contributed by atoms with Gasteiger partial charge in [-0.2, -0.15) is 0 Å². The smallest absolute Gasteiger partial charge is 0.225 e. The lowest BCUT2D eigenvalue weighted by Gasteiger charge is -2.35. The summed E-state index contributed by atoms with van der Waals surface area (Å²) < 4.78 is 10.8. The zero-order chi connectivity index (χ0) is 15.2. The minimum Gasteiger partial charge on any atom is -0.497 e. The van der Waals surface area contributed by atoms with E-state index in [0.29, 0.717) is 6.42 Å². The van der Waals surface area contributed by atoms with Crippen LogP contribution in [0.15, 0.2) is 24.3 Å². The number of nitrogens with zero attached hydrogens (tertiary/aromatic N) is 1. The molecule has 2 rings (SSSR count). The molecule has 1 aromatic rings. The Bertz CT molecular complexity index is 468. The number of rotatable bonds is 5. The second-order valence-corrected chi connectivity index (χ2v) is 5.55. The molecule has 0 aliphatic carbocycles. The quantitative estimate of drug-likeness (QED) is 0.903. The largest absolute Gasteiger partial charge is 0.497 e. The van der Waals surface area contributed by atoms with E-state index in [1.54, 1.807) is 7.11 Å². The molecule has 1 aliphatic rings. The minimum atomic E-state index is 0.0232. The van der Waals surface area contributed by atoms with E-state index in [1.165, 1.54) is 0 Å². The minimum absolute atomic E-state index is 0.0232. The van der Waals surface area contributed by atoms with E-state index in [9.17, 15) is 4.79 Å². The summed E-state index contributed by atoms with van der Waals surface area (Å²) in [5.74, 6) is 0.763. The third-order valence-corrected chi connectivity index (χ3v) is 3.50. The Kier molecular flexibility index (Phi) is 5.59. The van der Waals surface area contributed by atoms with Gasteiger partial charge in [0.2, 0.25) is 5.91 Å². The van der Waals surface area contributed by atoms with E-state index in [2.05, 4.69) is 24.1 Å². The normalized spacial score (nSPS) is 22.8. The summed E-state index contributed by atoms with van der Waals surface area (Å²) in [6.07, 6.45) is 0.946. The van der Waals surface area contributed by atoms with E-state index in [1.807, 2.05) is 24.3 Å². The van der Waals surface area contributed by atoms with Crippen molar-refractivity contribution in [2.24, 2.45) is 0 Å². The predicted molar refractivity (Wildman–Crippen MR) is 82.7 cm³/mol. The highest BCUT2D eigenvalue weighted by Crippen LogP contribution is 2.17. The number of benzene rings is 1. The van der Waals surface area contributed by atoms with Crippen LogP contribution >= 0.6 is 0 Å². The van der Waals surface area contributed by atoms with Crippen LogP contribution in [0.2, 0.25) is 0 Å². The van der Waals surface area contributed by atoms with E-state index in [0.717, 1.165) is 31.1 Å². The summed E-state index contributed by atoms with van der Waals surface area (Å²) in [5.41, 5.74) is 0.767. The molecule has 0 saturated carbocycles. The number of methoxy groups -OCH3 is 1.